The Bertz CT molecular complexity index is 1250. The van der Waals surface area contributed by atoms with Gasteiger partial charge in [0.1, 0.15) is 5.75 Å². The number of aliphatic carboxylic acids is 1. The Kier molecular flexibility index (Phi) is 9.53. The van der Waals surface area contributed by atoms with Gasteiger partial charge in [0.25, 0.3) is 5.91 Å². The summed E-state index contributed by atoms with van der Waals surface area (Å²) in [7, 11) is 0. The molecule has 1 aliphatic carbocycles. The molecule has 4 rings (SSSR count). The van der Waals surface area contributed by atoms with Crippen LogP contribution in [0.15, 0.2) is 72.8 Å². The first-order valence-corrected chi connectivity index (χ1v) is 13.1. The summed E-state index contributed by atoms with van der Waals surface area (Å²) in [4.78, 5) is 37.8. The number of amides is 2. The molecule has 0 radical (unpaired) electrons. The SMILES string of the molecule is O=C(O)CCNC(=O)c1ccc(CN(C(=O)Oc2ccc(NO)cc2)c2ccc(C3CCCCC3)cc2)cc1. The molecule has 1 fully saturated rings. The smallest absolute Gasteiger partial charge is 0.420 e. The highest BCUT2D eigenvalue weighted by molar-refractivity contribution is 5.94. The lowest BCUT2D eigenvalue weighted by Gasteiger charge is -2.25. The van der Waals surface area contributed by atoms with E-state index in [2.05, 4.69) is 17.4 Å². The molecule has 0 aliphatic heterocycles. The van der Waals surface area contributed by atoms with E-state index in [4.69, 9.17) is 15.1 Å². The molecular formula is C30H33N3O6. The lowest BCUT2D eigenvalue weighted by molar-refractivity contribution is -0.136. The number of carbonyl (C=O) groups is 3. The number of carbonyl (C=O) groups excluding carboxylic acids is 2. The van der Waals surface area contributed by atoms with Crippen molar-refractivity contribution in [3.05, 3.63) is 89.5 Å². The number of nitrogens with zero attached hydrogens (tertiary/aromatic N) is 1. The summed E-state index contributed by atoms with van der Waals surface area (Å²) in [6.07, 6.45) is 5.40. The van der Waals surface area contributed by atoms with Crippen LogP contribution in [0.25, 0.3) is 0 Å². The van der Waals surface area contributed by atoms with Crippen LogP contribution >= 0.6 is 0 Å². The van der Waals surface area contributed by atoms with Crippen molar-refractivity contribution >= 4 is 29.3 Å². The van der Waals surface area contributed by atoms with E-state index in [9.17, 15) is 14.4 Å². The number of carboxylic acid groups (broad SMARTS) is 1. The molecule has 0 bridgehead atoms. The van der Waals surface area contributed by atoms with Crippen LogP contribution in [0, 0.1) is 0 Å². The van der Waals surface area contributed by atoms with Crippen molar-refractivity contribution in [3.8, 4) is 5.75 Å². The molecule has 0 heterocycles. The Hall–Kier alpha value is -4.37. The van der Waals surface area contributed by atoms with Crippen molar-refractivity contribution in [1.29, 1.82) is 0 Å². The van der Waals surface area contributed by atoms with Gasteiger partial charge < -0.3 is 15.2 Å². The quantitative estimate of drug-likeness (QED) is 0.238. The molecule has 204 valence electrons. The Morgan fingerprint density at radius 1 is 0.872 bits per heavy atom. The van der Waals surface area contributed by atoms with Gasteiger partial charge in [-0.05, 0) is 78.4 Å². The zero-order chi connectivity index (χ0) is 27.6. The van der Waals surface area contributed by atoms with Gasteiger partial charge >= 0.3 is 12.1 Å². The first kappa shape index (κ1) is 27.7. The Balaban J connectivity index is 1.51. The predicted molar refractivity (Wildman–Crippen MR) is 147 cm³/mol. The fourth-order valence-corrected chi connectivity index (χ4v) is 4.71. The fourth-order valence-electron chi connectivity index (χ4n) is 4.71. The number of carboxylic acids is 1. The van der Waals surface area contributed by atoms with Gasteiger partial charge in [-0.3, -0.25) is 25.2 Å². The first-order valence-electron chi connectivity index (χ1n) is 13.1. The summed E-state index contributed by atoms with van der Waals surface area (Å²) < 4.78 is 5.64. The van der Waals surface area contributed by atoms with E-state index in [1.54, 1.807) is 48.5 Å². The number of hydrogen-bond acceptors (Lipinski definition) is 6. The monoisotopic (exact) mass is 531 g/mol. The van der Waals surface area contributed by atoms with Crippen LogP contribution in [0.1, 0.15) is 65.9 Å². The average Bonchev–Trinajstić information content (AvgIpc) is 2.97. The van der Waals surface area contributed by atoms with Crippen molar-refractivity contribution in [1.82, 2.24) is 5.32 Å². The topological polar surface area (TPSA) is 128 Å². The number of benzene rings is 3. The Morgan fingerprint density at radius 2 is 1.54 bits per heavy atom. The number of ether oxygens (including phenoxy) is 1. The van der Waals surface area contributed by atoms with Gasteiger partial charge in [-0.1, -0.05) is 43.5 Å². The number of rotatable bonds is 10. The van der Waals surface area contributed by atoms with Crippen molar-refractivity contribution in [2.45, 2.75) is 51.0 Å². The molecular weight excluding hydrogens is 498 g/mol. The minimum atomic E-state index is -0.981. The second-order valence-corrected chi connectivity index (χ2v) is 9.61. The van der Waals surface area contributed by atoms with E-state index in [0.717, 1.165) is 5.56 Å². The maximum atomic E-state index is 13.3. The van der Waals surface area contributed by atoms with Crippen molar-refractivity contribution < 1.29 is 29.4 Å². The standard InChI is InChI=1S/C30H33N3O6/c34-28(35)18-19-31-29(36)24-8-6-21(7-9-24)20-33(30(37)39-27-16-12-25(32-38)13-17-27)26-14-10-23(11-15-26)22-4-2-1-3-5-22/h6-17,22,32,38H,1-5,18-20H2,(H,31,36)(H,34,35). The number of hydrogen-bond donors (Lipinski definition) is 4. The highest BCUT2D eigenvalue weighted by Gasteiger charge is 2.21. The molecule has 3 aromatic carbocycles. The minimum Gasteiger partial charge on any atom is -0.481 e. The van der Waals surface area contributed by atoms with Gasteiger partial charge in [0.15, 0.2) is 0 Å². The Labute approximate surface area is 227 Å². The fraction of sp³-hybridized carbons (Fsp3) is 0.300. The zero-order valence-electron chi connectivity index (χ0n) is 21.6. The van der Waals surface area contributed by atoms with Crippen LogP contribution in [0.2, 0.25) is 0 Å². The molecule has 0 saturated heterocycles. The van der Waals surface area contributed by atoms with E-state index < -0.39 is 12.1 Å². The normalized spacial score (nSPS) is 13.4. The second-order valence-electron chi connectivity index (χ2n) is 9.61. The lowest BCUT2D eigenvalue weighted by atomic mass is 9.84. The maximum Gasteiger partial charge on any atom is 0.420 e. The van der Waals surface area contributed by atoms with E-state index in [1.807, 2.05) is 17.6 Å². The van der Waals surface area contributed by atoms with E-state index in [1.165, 1.54) is 42.6 Å². The molecule has 1 saturated carbocycles. The van der Waals surface area contributed by atoms with Crippen molar-refractivity contribution in [2.24, 2.45) is 0 Å². The third kappa shape index (κ3) is 7.81. The van der Waals surface area contributed by atoms with Gasteiger partial charge in [-0.15, -0.1) is 0 Å². The van der Waals surface area contributed by atoms with Crippen molar-refractivity contribution in [3.63, 3.8) is 0 Å². The van der Waals surface area contributed by atoms with Gasteiger partial charge in [0.2, 0.25) is 0 Å². The van der Waals surface area contributed by atoms with E-state index in [0.29, 0.717) is 28.6 Å². The van der Waals surface area contributed by atoms with Crippen LogP contribution < -0.4 is 20.4 Å². The van der Waals surface area contributed by atoms with Crippen molar-refractivity contribution in [2.75, 3.05) is 16.9 Å². The molecule has 3 aromatic rings. The summed E-state index contributed by atoms with van der Waals surface area (Å²) in [6.45, 7) is 0.251. The van der Waals surface area contributed by atoms with Gasteiger partial charge in [-0.25, -0.2) is 4.79 Å². The van der Waals surface area contributed by atoms with Crippen LogP contribution in [0.5, 0.6) is 5.75 Å². The molecule has 1 aliphatic rings. The molecule has 0 aromatic heterocycles. The molecule has 39 heavy (non-hydrogen) atoms. The largest absolute Gasteiger partial charge is 0.481 e. The molecule has 0 unspecified atom stereocenters. The third-order valence-electron chi connectivity index (χ3n) is 6.87. The third-order valence-corrected chi connectivity index (χ3v) is 6.87. The predicted octanol–water partition coefficient (Wildman–Crippen LogP) is 5.95. The average molecular weight is 532 g/mol. The highest BCUT2D eigenvalue weighted by atomic mass is 16.6. The number of anilines is 2. The van der Waals surface area contributed by atoms with Crippen LogP contribution in [0.4, 0.5) is 16.2 Å². The highest BCUT2D eigenvalue weighted by Crippen LogP contribution is 2.33. The van der Waals surface area contributed by atoms with Crippen LogP contribution in [-0.2, 0) is 11.3 Å². The molecule has 0 spiro atoms. The summed E-state index contributed by atoms with van der Waals surface area (Å²) in [6, 6.07) is 21.2. The minimum absolute atomic E-state index is 0.0434. The van der Waals surface area contributed by atoms with Crippen LogP contribution in [0.3, 0.4) is 0 Å². The molecule has 9 heteroatoms. The number of nitrogens with one attached hydrogen (secondary N) is 2. The van der Waals surface area contributed by atoms with Gasteiger partial charge in [0.05, 0.1) is 18.7 Å². The lowest BCUT2D eigenvalue weighted by Crippen LogP contribution is -2.33. The summed E-state index contributed by atoms with van der Waals surface area (Å²) in [5, 5.41) is 20.4. The first-order chi connectivity index (χ1) is 18.9. The second kappa shape index (κ2) is 13.4. The maximum absolute atomic E-state index is 13.3. The summed E-state index contributed by atoms with van der Waals surface area (Å²) in [5.74, 6) is -0.471. The van der Waals surface area contributed by atoms with Gasteiger partial charge in [-0.2, -0.15) is 0 Å². The van der Waals surface area contributed by atoms with Gasteiger partial charge in [0, 0.05) is 17.8 Å². The Morgan fingerprint density at radius 3 is 2.15 bits per heavy atom. The molecule has 0 atom stereocenters. The summed E-state index contributed by atoms with van der Waals surface area (Å²) >= 11 is 0. The molecule has 9 nitrogen and oxygen atoms in total. The molecule has 4 N–H and O–H groups in total. The summed E-state index contributed by atoms with van der Waals surface area (Å²) in [5.41, 5.74) is 5.65. The molecule has 2 amide bonds. The zero-order valence-corrected chi connectivity index (χ0v) is 21.6. The van der Waals surface area contributed by atoms with E-state index in [-0.39, 0.29) is 25.4 Å². The van der Waals surface area contributed by atoms with Crippen LogP contribution in [-0.4, -0.2) is 34.8 Å². The van der Waals surface area contributed by atoms with E-state index >= 15 is 0 Å².